The molecule has 88 valence electrons. The number of ether oxygens (including phenoxy) is 1. The summed E-state index contributed by atoms with van der Waals surface area (Å²) in [6.45, 7) is 6.21. The lowest BCUT2D eigenvalue weighted by atomic mass is 10.3. The molecule has 3 heteroatoms. The van der Waals surface area contributed by atoms with Crippen molar-refractivity contribution in [1.29, 1.82) is 0 Å². The minimum Gasteiger partial charge on any atom is -0.432 e. The summed E-state index contributed by atoms with van der Waals surface area (Å²) < 4.78 is 5.64. The van der Waals surface area contributed by atoms with Crippen LogP contribution >= 0.6 is 12.2 Å². The van der Waals surface area contributed by atoms with Crippen LogP contribution in [0.4, 0.5) is 0 Å². The molecule has 0 amide bonds. The van der Waals surface area contributed by atoms with Gasteiger partial charge in [0.25, 0.3) is 5.17 Å². The number of benzene rings is 1. The highest BCUT2D eigenvalue weighted by Crippen LogP contribution is 2.10. The first kappa shape index (κ1) is 13.0. The third-order valence-electron chi connectivity index (χ3n) is 2.19. The first-order valence-corrected chi connectivity index (χ1v) is 6.20. The maximum Gasteiger partial charge on any atom is 0.264 e. The van der Waals surface area contributed by atoms with Gasteiger partial charge in [-0.15, -0.1) is 0 Å². The van der Waals surface area contributed by atoms with E-state index in [1.165, 1.54) is 0 Å². The van der Waals surface area contributed by atoms with Gasteiger partial charge in [-0.2, -0.15) is 0 Å². The molecule has 1 aromatic rings. The van der Waals surface area contributed by atoms with E-state index in [4.69, 9.17) is 17.0 Å². The Morgan fingerprint density at radius 3 is 2.19 bits per heavy atom. The van der Waals surface area contributed by atoms with Crippen LogP contribution in [-0.4, -0.2) is 23.2 Å². The van der Waals surface area contributed by atoms with E-state index in [2.05, 4.69) is 18.7 Å². The van der Waals surface area contributed by atoms with Gasteiger partial charge in [-0.05, 0) is 37.2 Å². The van der Waals surface area contributed by atoms with Crippen LogP contribution in [0.2, 0.25) is 0 Å². The Bertz CT molecular complexity index is 307. The second-order valence-electron chi connectivity index (χ2n) is 3.67. The lowest BCUT2D eigenvalue weighted by Gasteiger charge is -2.23. The van der Waals surface area contributed by atoms with Gasteiger partial charge in [-0.3, -0.25) is 0 Å². The molecule has 0 atom stereocenters. The summed E-state index contributed by atoms with van der Waals surface area (Å²) in [6.07, 6.45) is 2.16. The van der Waals surface area contributed by atoms with Crippen molar-refractivity contribution >= 4 is 17.4 Å². The number of hydrogen-bond donors (Lipinski definition) is 0. The van der Waals surface area contributed by atoms with E-state index < -0.39 is 0 Å². The molecule has 0 radical (unpaired) electrons. The van der Waals surface area contributed by atoms with Crippen molar-refractivity contribution in [3.8, 4) is 5.75 Å². The Morgan fingerprint density at radius 1 is 1.12 bits per heavy atom. The van der Waals surface area contributed by atoms with Gasteiger partial charge in [0.05, 0.1) is 0 Å². The van der Waals surface area contributed by atoms with Crippen LogP contribution in [0.15, 0.2) is 30.3 Å². The molecule has 0 heterocycles. The highest BCUT2D eigenvalue weighted by atomic mass is 32.1. The smallest absolute Gasteiger partial charge is 0.264 e. The molecule has 0 bridgehead atoms. The molecule has 0 spiro atoms. The fraction of sp³-hybridized carbons (Fsp3) is 0.462. The van der Waals surface area contributed by atoms with Gasteiger partial charge in [0.2, 0.25) is 0 Å². The van der Waals surface area contributed by atoms with Crippen LogP contribution in [0.5, 0.6) is 5.75 Å². The van der Waals surface area contributed by atoms with Gasteiger partial charge >= 0.3 is 0 Å². The molecule has 0 saturated carbocycles. The summed E-state index contributed by atoms with van der Waals surface area (Å²) >= 11 is 5.29. The normalized spacial score (nSPS) is 9.88. The topological polar surface area (TPSA) is 12.5 Å². The van der Waals surface area contributed by atoms with Gasteiger partial charge in [0, 0.05) is 13.1 Å². The minimum atomic E-state index is 0.579. The Labute approximate surface area is 103 Å². The largest absolute Gasteiger partial charge is 0.432 e. The molecule has 0 aromatic heterocycles. The molecule has 0 unspecified atom stereocenters. The molecular weight excluding hydrogens is 218 g/mol. The first-order valence-electron chi connectivity index (χ1n) is 5.79. The van der Waals surface area contributed by atoms with Crippen molar-refractivity contribution in [1.82, 2.24) is 4.90 Å². The van der Waals surface area contributed by atoms with E-state index in [-0.39, 0.29) is 0 Å². The predicted molar refractivity (Wildman–Crippen MR) is 71.8 cm³/mol. The molecular formula is C13H19NOS. The Balaban J connectivity index is 2.55. The maximum absolute atomic E-state index is 5.64. The van der Waals surface area contributed by atoms with Crippen molar-refractivity contribution in [2.45, 2.75) is 26.7 Å². The van der Waals surface area contributed by atoms with E-state index in [9.17, 15) is 0 Å². The van der Waals surface area contributed by atoms with E-state index in [0.717, 1.165) is 31.7 Å². The average Bonchev–Trinajstić information content (AvgIpc) is 2.30. The summed E-state index contributed by atoms with van der Waals surface area (Å²) in [6, 6.07) is 9.69. The zero-order valence-corrected chi connectivity index (χ0v) is 10.8. The minimum absolute atomic E-state index is 0.579. The van der Waals surface area contributed by atoms with Crippen molar-refractivity contribution in [2.75, 3.05) is 13.1 Å². The standard InChI is InChI=1S/C13H19NOS/c1-3-10-14(11-4-2)13(16)15-12-8-6-5-7-9-12/h5-9H,3-4,10-11H2,1-2H3. The average molecular weight is 237 g/mol. The highest BCUT2D eigenvalue weighted by molar-refractivity contribution is 7.80. The van der Waals surface area contributed by atoms with Crippen LogP contribution in [0.1, 0.15) is 26.7 Å². The number of rotatable bonds is 5. The third-order valence-corrected chi connectivity index (χ3v) is 2.54. The summed E-state index contributed by atoms with van der Waals surface area (Å²) in [7, 11) is 0. The Morgan fingerprint density at radius 2 is 1.69 bits per heavy atom. The lowest BCUT2D eigenvalue weighted by molar-refractivity contribution is 0.350. The molecule has 1 aromatic carbocycles. The van der Waals surface area contributed by atoms with E-state index >= 15 is 0 Å². The lowest BCUT2D eigenvalue weighted by Crippen LogP contribution is -2.34. The molecule has 1 rings (SSSR count). The monoisotopic (exact) mass is 237 g/mol. The van der Waals surface area contributed by atoms with Gasteiger partial charge < -0.3 is 9.64 Å². The third kappa shape index (κ3) is 4.19. The number of nitrogens with zero attached hydrogens (tertiary/aromatic N) is 1. The van der Waals surface area contributed by atoms with Crippen LogP contribution in [0, 0.1) is 0 Å². The van der Waals surface area contributed by atoms with Crippen LogP contribution in [0.25, 0.3) is 0 Å². The molecule has 0 aliphatic carbocycles. The summed E-state index contributed by atoms with van der Waals surface area (Å²) in [5.41, 5.74) is 0. The molecule has 0 aliphatic heterocycles. The van der Waals surface area contributed by atoms with Gasteiger partial charge in [0.15, 0.2) is 0 Å². The van der Waals surface area contributed by atoms with Crippen LogP contribution in [0.3, 0.4) is 0 Å². The van der Waals surface area contributed by atoms with E-state index in [1.54, 1.807) is 0 Å². The first-order chi connectivity index (χ1) is 7.77. The van der Waals surface area contributed by atoms with Gasteiger partial charge in [-0.25, -0.2) is 0 Å². The molecule has 2 nitrogen and oxygen atoms in total. The van der Waals surface area contributed by atoms with Gasteiger partial charge in [-0.1, -0.05) is 32.0 Å². The van der Waals surface area contributed by atoms with E-state index in [0.29, 0.717) is 5.17 Å². The molecule has 0 fully saturated rings. The summed E-state index contributed by atoms with van der Waals surface area (Å²) in [5, 5.41) is 0.579. The fourth-order valence-corrected chi connectivity index (χ4v) is 1.77. The Kier molecular flexibility index (Phi) is 5.86. The fourth-order valence-electron chi connectivity index (χ4n) is 1.49. The second-order valence-corrected chi connectivity index (χ2v) is 4.02. The molecule has 0 saturated heterocycles. The number of para-hydroxylation sites is 1. The van der Waals surface area contributed by atoms with Crippen LogP contribution < -0.4 is 4.74 Å². The second kappa shape index (κ2) is 7.23. The molecule has 16 heavy (non-hydrogen) atoms. The SMILES string of the molecule is CCCN(CCC)C(=S)Oc1ccccc1. The number of thiocarbonyl (C=S) groups is 1. The maximum atomic E-state index is 5.64. The van der Waals surface area contributed by atoms with Crippen LogP contribution in [-0.2, 0) is 0 Å². The van der Waals surface area contributed by atoms with Crippen molar-refractivity contribution < 1.29 is 4.74 Å². The number of hydrogen-bond acceptors (Lipinski definition) is 2. The summed E-state index contributed by atoms with van der Waals surface area (Å²) in [5.74, 6) is 0.810. The predicted octanol–water partition coefficient (Wildman–Crippen LogP) is 3.47. The van der Waals surface area contributed by atoms with Crippen molar-refractivity contribution in [2.24, 2.45) is 0 Å². The molecule has 0 N–H and O–H groups in total. The summed E-state index contributed by atoms with van der Waals surface area (Å²) in [4.78, 5) is 2.11. The zero-order chi connectivity index (χ0) is 11.8. The van der Waals surface area contributed by atoms with Gasteiger partial charge in [0.1, 0.15) is 5.75 Å². The zero-order valence-electron chi connectivity index (χ0n) is 9.98. The van der Waals surface area contributed by atoms with Crippen molar-refractivity contribution in [3.05, 3.63) is 30.3 Å². The van der Waals surface area contributed by atoms with E-state index in [1.807, 2.05) is 30.3 Å². The Hall–Kier alpha value is -1.09. The molecule has 0 aliphatic rings. The highest BCUT2D eigenvalue weighted by Gasteiger charge is 2.09. The quantitative estimate of drug-likeness (QED) is 0.728. The van der Waals surface area contributed by atoms with Crippen molar-refractivity contribution in [3.63, 3.8) is 0 Å².